The molecule has 1 fully saturated rings. The summed E-state index contributed by atoms with van der Waals surface area (Å²) in [7, 11) is 0. The van der Waals surface area contributed by atoms with Crippen LogP contribution < -0.4 is 0 Å². The molecule has 1 heterocycles. The lowest BCUT2D eigenvalue weighted by molar-refractivity contribution is -0.120. The smallest absolute Gasteiger partial charge is 0.254 e. The molecule has 1 saturated heterocycles. The summed E-state index contributed by atoms with van der Waals surface area (Å²) >= 11 is 0. The van der Waals surface area contributed by atoms with Gasteiger partial charge in [-0.05, 0) is 44.2 Å². The number of amides is 1. The maximum Gasteiger partial charge on any atom is 0.254 e. The number of rotatable bonds is 5. The zero-order chi connectivity index (χ0) is 14.5. The van der Waals surface area contributed by atoms with Crippen LogP contribution in [0.1, 0.15) is 55.5 Å². The van der Waals surface area contributed by atoms with E-state index in [4.69, 9.17) is 0 Å². The van der Waals surface area contributed by atoms with E-state index in [1.54, 1.807) is 11.8 Å². The number of carbonyl (C=O) groups excluding carboxylic acids is 2. The van der Waals surface area contributed by atoms with Crippen LogP contribution in [0.4, 0.5) is 0 Å². The maximum absolute atomic E-state index is 12.7. The first-order chi connectivity index (χ1) is 9.65. The molecule has 1 unspecified atom stereocenters. The molecule has 108 valence electrons. The first-order valence-electron chi connectivity index (χ1n) is 7.54. The Kier molecular flexibility index (Phi) is 4.94. The molecule has 1 aliphatic heterocycles. The van der Waals surface area contributed by atoms with Crippen LogP contribution >= 0.6 is 0 Å². The number of carbonyl (C=O) groups is 2. The van der Waals surface area contributed by atoms with Crippen molar-refractivity contribution in [2.24, 2.45) is 0 Å². The standard InChI is InChI=1S/C17H23NO2/c1-3-4-8-14-9-5-6-10-15(14)17(20)18-12-7-11-16(18)13(2)19/h5-6,9-10,16H,3-4,7-8,11-12H2,1-2H3. The molecule has 3 nitrogen and oxygen atoms in total. The fraction of sp³-hybridized carbons (Fsp3) is 0.529. The van der Waals surface area contributed by atoms with Crippen molar-refractivity contribution >= 4 is 11.7 Å². The van der Waals surface area contributed by atoms with Crippen LogP contribution in [-0.4, -0.2) is 29.2 Å². The van der Waals surface area contributed by atoms with E-state index in [-0.39, 0.29) is 17.7 Å². The molecular formula is C17H23NO2. The van der Waals surface area contributed by atoms with Crippen molar-refractivity contribution in [1.29, 1.82) is 0 Å². The van der Waals surface area contributed by atoms with Crippen molar-refractivity contribution in [1.82, 2.24) is 4.90 Å². The van der Waals surface area contributed by atoms with E-state index in [0.29, 0.717) is 6.54 Å². The van der Waals surface area contributed by atoms with Gasteiger partial charge in [0, 0.05) is 12.1 Å². The summed E-state index contributed by atoms with van der Waals surface area (Å²) in [6, 6.07) is 7.59. The number of hydrogen-bond donors (Lipinski definition) is 0. The molecule has 1 atom stereocenters. The number of likely N-dealkylation sites (tertiary alicyclic amines) is 1. The third-order valence-corrected chi connectivity index (χ3v) is 4.03. The van der Waals surface area contributed by atoms with E-state index in [9.17, 15) is 9.59 Å². The summed E-state index contributed by atoms with van der Waals surface area (Å²) in [4.78, 5) is 26.1. The van der Waals surface area contributed by atoms with Gasteiger partial charge in [0.15, 0.2) is 5.78 Å². The molecule has 0 spiro atoms. The Morgan fingerprint density at radius 2 is 2.05 bits per heavy atom. The SMILES string of the molecule is CCCCc1ccccc1C(=O)N1CCCC1C(C)=O. The van der Waals surface area contributed by atoms with Gasteiger partial charge in [-0.1, -0.05) is 31.5 Å². The average molecular weight is 273 g/mol. The Morgan fingerprint density at radius 1 is 1.30 bits per heavy atom. The van der Waals surface area contributed by atoms with Crippen molar-refractivity contribution in [3.05, 3.63) is 35.4 Å². The molecule has 2 rings (SSSR count). The molecule has 0 radical (unpaired) electrons. The molecule has 1 amide bonds. The Labute approximate surface area is 121 Å². The largest absolute Gasteiger partial charge is 0.329 e. The van der Waals surface area contributed by atoms with Crippen LogP contribution in [0.2, 0.25) is 0 Å². The first kappa shape index (κ1) is 14.8. The molecule has 1 aromatic rings. The number of aryl methyl sites for hydroxylation is 1. The van der Waals surface area contributed by atoms with Gasteiger partial charge in [0.05, 0.1) is 6.04 Å². The van der Waals surface area contributed by atoms with Crippen LogP contribution in [0.3, 0.4) is 0 Å². The van der Waals surface area contributed by atoms with Gasteiger partial charge in [-0.15, -0.1) is 0 Å². The van der Waals surface area contributed by atoms with E-state index < -0.39 is 0 Å². The average Bonchev–Trinajstić information content (AvgIpc) is 2.94. The maximum atomic E-state index is 12.7. The Balaban J connectivity index is 2.22. The molecule has 20 heavy (non-hydrogen) atoms. The van der Waals surface area contributed by atoms with Gasteiger partial charge in [0.2, 0.25) is 0 Å². The fourth-order valence-electron chi connectivity index (χ4n) is 2.90. The Bertz CT molecular complexity index is 496. The minimum absolute atomic E-state index is 0.0226. The van der Waals surface area contributed by atoms with Crippen LogP contribution in [0.15, 0.2) is 24.3 Å². The molecule has 0 aliphatic carbocycles. The van der Waals surface area contributed by atoms with Gasteiger partial charge < -0.3 is 4.90 Å². The van der Waals surface area contributed by atoms with Crippen LogP contribution in [0.5, 0.6) is 0 Å². The molecule has 1 aromatic carbocycles. The van der Waals surface area contributed by atoms with Crippen molar-refractivity contribution in [2.45, 2.75) is 52.0 Å². The lowest BCUT2D eigenvalue weighted by Crippen LogP contribution is -2.39. The van der Waals surface area contributed by atoms with Crippen LogP contribution in [0, 0.1) is 0 Å². The highest BCUT2D eigenvalue weighted by molar-refractivity contribution is 5.99. The summed E-state index contributed by atoms with van der Waals surface area (Å²) in [5, 5.41) is 0. The van der Waals surface area contributed by atoms with Crippen molar-refractivity contribution < 1.29 is 9.59 Å². The predicted octanol–water partition coefficient (Wildman–Crippen LogP) is 3.22. The third-order valence-electron chi connectivity index (χ3n) is 4.03. The van der Waals surface area contributed by atoms with Gasteiger partial charge in [-0.25, -0.2) is 0 Å². The third kappa shape index (κ3) is 3.09. The summed E-state index contributed by atoms with van der Waals surface area (Å²) in [6.07, 6.45) is 4.85. The lowest BCUT2D eigenvalue weighted by atomic mass is 10.0. The van der Waals surface area contributed by atoms with Crippen molar-refractivity contribution in [3.63, 3.8) is 0 Å². The quantitative estimate of drug-likeness (QED) is 0.826. The van der Waals surface area contributed by atoms with E-state index in [1.165, 1.54) is 0 Å². The number of Topliss-reactive ketones (excluding diaryl/α,β-unsaturated/α-hetero) is 1. The van der Waals surface area contributed by atoms with Gasteiger partial charge >= 0.3 is 0 Å². The van der Waals surface area contributed by atoms with E-state index >= 15 is 0 Å². The highest BCUT2D eigenvalue weighted by Gasteiger charge is 2.32. The van der Waals surface area contributed by atoms with Crippen molar-refractivity contribution in [3.8, 4) is 0 Å². The second-order valence-corrected chi connectivity index (χ2v) is 5.53. The van der Waals surface area contributed by atoms with Gasteiger partial charge in [0.25, 0.3) is 5.91 Å². The molecule has 0 aromatic heterocycles. The fourth-order valence-corrected chi connectivity index (χ4v) is 2.90. The highest BCUT2D eigenvalue weighted by atomic mass is 16.2. The van der Waals surface area contributed by atoms with E-state index in [1.807, 2.05) is 24.3 Å². The molecule has 3 heteroatoms. The summed E-state index contributed by atoms with van der Waals surface area (Å²) in [5.41, 5.74) is 1.88. The molecule has 0 bridgehead atoms. The number of benzene rings is 1. The van der Waals surface area contributed by atoms with Crippen molar-refractivity contribution in [2.75, 3.05) is 6.54 Å². The lowest BCUT2D eigenvalue weighted by Gasteiger charge is -2.23. The van der Waals surface area contributed by atoms with E-state index in [2.05, 4.69) is 6.92 Å². The number of ketones is 1. The summed E-state index contributed by atoms with van der Waals surface area (Å²) < 4.78 is 0. The normalized spacial score (nSPS) is 18.3. The van der Waals surface area contributed by atoms with E-state index in [0.717, 1.165) is 43.2 Å². The van der Waals surface area contributed by atoms with Gasteiger partial charge in [-0.2, -0.15) is 0 Å². The number of unbranched alkanes of at least 4 members (excludes halogenated alkanes) is 1. The Hall–Kier alpha value is -1.64. The zero-order valence-electron chi connectivity index (χ0n) is 12.4. The highest BCUT2D eigenvalue weighted by Crippen LogP contribution is 2.23. The monoisotopic (exact) mass is 273 g/mol. The second kappa shape index (κ2) is 6.69. The number of hydrogen-bond acceptors (Lipinski definition) is 2. The zero-order valence-corrected chi connectivity index (χ0v) is 12.4. The minimum atomic E-state index is -0.221. The molecule has 1 aliphatic rings. The minimum Gasteiger partial charge on any atom is -0.329 e. The molecule has 0 saturated carbocycles. The summed E-state index contributed by atoms with van der Waals surface area (Å²) in [6.45, 7) is 4.43. The molecular weight excluding hydrogens is 250 g/mol. The topological polar surface area (TPSA) is 37.4 Å². The number of nitrogens with zero attached hydrogens (tertiary/aromatic N) is 1. The molecule has 0 N–H and O–H groups in total. The van der Waals surface area contributed by atoms with Gasteiger partial charge in [0.1, 0.15) is 0 Å². The Morgan fingerprint density at radius 3 is 2.75 bits per heavy atom. The van der Waals surface area contributed by atoms with Crippen LogP contribution in [-0.2, 0) is 11.2 Å². The first-order valence-corrected chi connectivity index (χ1v) is 7.54. The van der Waals surface area contributed by atoms with Gasteiger partial charge in [-0.3, -0.25) is 9.59 Å². The van der Waals surface area contributed by atoms with Crippen LogP contribution in [0.25, 0.3) is 0 Å². The summed E-state index contributed by atoms with van der Waals surface area (Å²) in [5.74, 6) is 0.122. The predicted molar refractivity (Wildman–Crippen MR) is 79.8 cm³/mol. The second-order valence-electron chi connectivity index (χ2n) is 5.53.